The largest absolute Gasteiger partial charge is 0.416 e. The molecule has 0 aliphatic rings. The second-order valence-corrected chi connectivity index (χ2v) is 10.1. The van der Waals surface area contributed by atoms with Crippen LogP contribution in [0, 0.1) is 0 Å². The standard InChI is InChI=1S/C21H14Cl2F3N3O2S/c1-2-32(30,31)18-7-13(12-5-15(22)9-16(23)6-12)10-27-20(18)17-11-29-4-3-14(21(24,25)26)8-19(29)28-17/h3-11H,2H2,1H3. The normalized spacial score (nSPS) is 12.4. The van der Waals surface area contributed by atoms with E-state index in [1.54, 1.807) is 18.2 Å². The third-order valence-corrected chi connectivity index (χ3v) is 6.97. The fourth-order valence-corrected chi connectivity index (χ4v) is 4.78. The maximum atomic E-state index is 13.0. The number of halogens is 5. The number of aromatic nitrogens is 3. The predicted molar refractivity (Wildman–Crippen MR) is 117 cm³/mol. The van der Waals surface area contributed by atoms with Gasteiger partial charge in [0.1, 0.15) is 17.0 Å². The van der Waals surface area contributed by atoms with E-state index in [0.29, 0.717) is 21.2 Å². The Kier molecular flexibility index (Phi) is 5.68. The summed E-state index contributed by atoms with van der Waals surface area (Å²) >= 11 is 12.1. The minimum Gasteiger partial charge on any atom is -0.306 e. The van der Waals surface area contributed by atoms with Crippen molar-refractivity contribution in [2.45, 2.75) is 18.0 Å². The maximum Gasteiger partial charge on any atom is 0.416 e. The smallest absolute Gasteiger partial charge is 0.306 e. The lowest BCUT2D eigenvalue weighted by atomic mass is 10.1. The zero-order valence-electron chi connectivity index (χ0n) is 16.4. The first-order valence-corrected chi connectivity index (χ1v) is 11.6. The minimum atomic E-state index is -4.53. The molecule has 11 heteroatoms. The van der Waals surface area contributed by atoms with E-state index in [4.69, 9.17) is 23.2 Å². The zero-order chi connectivity index (χ0) is 23.3. The average Bonchev–Trinajstić information content (AvgIpc) is 3.15. The third kappa shape index (κ3) is 4.32. The molecule has 0 radical (unpaired) electrons. The summed E-state index contributed by atoms with van der Waals surface area (Å²) in [6, 6.07) is 8.03. The summed E-state index contributed by atoms with van der Waals surface area (Å²) in [5.74, 6) is -0.201. The quantitative estimate of drug-likeness (QED) is 0.336. The van der Waals surface area contributed by atoms with E-state index < -0.39 is 21.6 Å². The number of pyridine rings is 2. The molecule has 0 aliphatic heterocycles. The molecular weight excluding hydrogens is 486 g/mol. The summed E-state index contributed by atoms with van der Waals surface area (Å²) in [6.45, 7) is 1.49. The molecule has 4 rings (SSSR count). The molecule has 3 aromatic heterocycles. The highest BCUT2D eigenvalue weighted by molar-refractivity contribution is 7.91. The van der Waals surface area contributed by atoms with Crippen molar-refractivity contribution in [3.63, 3.8) is 0 Å². The van der Waals surface area contributed by atoms with E-state index in [0.717, 1.165) is 12.1 Å². The van der Waals surface area contributed by atoms with E-state index in [2.05, 4.69) is 9.97 Å². The first kappa shape index (κ1) is 22.6. The Labute approximate surface area is 191 Å². The van der Waals surface area contributed by atoms with Crippen LogP contribution in [0.1, 0.15) is 12.5 Å². The van der Waals surface area contributed by atoms with Gasteiger partial charge in [-0.3, -0.25) is 4.98 Å². The first-order chi connectivity index (χ1) is 15.0. The van der Waals surface area contributed by atoms with Crippen molar-refractivity contribution >= 4 is 38.7 Å². The third-order valence-electron chi connectivity index (χ3n) is 4.79. The van der Waals surface area contributed by atoms with Gasteiger partial charge in [0.05, 0.1) is 16.2 Å². The molecule has 0 saturated heterocycles. The highest BCUT2D eigenvalue weighted by atomic mass is 35.5. The van der Waals surface area contributed by atoms with Gasteiger partial charge in [0.15, 0.2) is 9.84 Å². The summed E-state index contributed by atoms with van der Waals surface area (Å²) in [5, 5.41) is 0.745. The van der Waals surface area contributed by atoms with Crippen LogP contribution in [0.2, 0.25) is 10.0 Å². The van der Waals surface area contributed by atoms with E-state index in [1.165, 1.54) is 36.0 Å². The van der Waals surface area contributed by atoms with E-state index in [9.17, 15) is 21.6 Å². The number of nitrogens with zero attached hydrogens (tertiary/aromatic N) is 3. The van der Waals surface area contributed by atoms with Crippen LogP contribution < -0.4 is 0 Å². The number of hydrogen-bond acceptors (Lipinski definition) is 4. The van der Waals surface area contributed by atoms with Gasteiger partial charge in [-0.15, -0.1) is 0 Å². The van der Waals surface area contributed by atoms with Gasteiger partial charge >= 0.3 is 6.18 Å². The Hall–Kier alpha value is -2.62. The summed E-state index contributed by atoms with van der Waals surface area (Å²) in [6.07, 6.45) is -0.437. The van der Waals surface area contributed by atoms with Crippen molar-refractivity contribution in [1.82, 2.24) is 14.4 Å². The molecule has 5 nitrogen and oxygen atoms in total. The van der Waals surface area contributed by atoms with Crippen LogP contribution in [0.3, 0.4) is 0 Å². The van der Waals surface area contributed by atoms with Crippen molar-refractivity contribution in [2.24, 2.45) is 0 Å². The van der Waals surface area contributed by atoms with Crippen LogP contribution in [0.15, 0.2) is 59.9 Å². The van der Waals surface area contributed by atoms with Crippen molar-refractivity contribution in [3.05, 3.63) is 70.6 Å². The molecule has 0 aliphatic carbocycles. The summed E-state index contributed by atoms with van der Waals surface area (Å²) < 4.78 is 66.1. The highest BCUT2D eigenvalue weighted by Gasteiger charge is 2.31. The number of benzene rings is 1. The van der Waals surface area contributed by atoms with E-state index in [-0.39, 0.29) is 27.7 Å². The molecular formula is C21H14Cl2F3N3O2S. The van der Waals surface area contributed by atoms with Gasteiger partial charge in [-0.2, -0.15) is 13.2 Å². The van der Waals surface area contributed by atoms with Gasteiger partial charge in [0.25, 0.3) is 0 Å². The van der Waals surface area contributed by atoms with Crippen LogP contribution in [0.5, 0.6) is 0 Å². The lowest BCUT2D eigenvalue weighted by molar-refractivity contribution is -0.137. The molecule has 3 heterocycles. The predicted octanol–water partition coefficient (Wildman–Crippen LogP) is 6.18. The molecule has 4 aromatic rings. The SMILES string of the molecule is CCS(=O)(=O)c1cc(-c2cc(Cl)cc(Cl)c2)cnc1-c1cn2ccc(C(F)(F)F)cc2n1. The number of imidazole rings is 1. The molecule has 166 valence electrons. The van der Waals surface area contributed by atoms with E-state index >= 15 is 0 Å². The number of rotatable bonds is 4. The Morgan fingerprint density at radius 2 is 1.72 bits per heavy atom. The van der Waals surface area contributed by atoms with E-state index in [1.807, 2.05) is 0 Å². The molecule has 0 bridgehead atoms. The van der Waals surface area contributed by atoms with Crippen molar-refractivity contribution < 1.29 is 21.6 Å². The zero-order valence-corrected chi connectivity index (χ0v) is 18.7. The second kappa shape index (κ2) is 8.06. The van der Waals surface area contributed by atoms with Crippen LogP contribution in [-0.2, 0) is 16.0 Å². The molecule has 0 saturated carbocycles. The molecule has 0 fully saturated rings. The molecule has 1 aromatic carbocycles. The molecule has 0 atom stereocenters. The lowest BCUT2D eigenvalue weighted by Gasteiger charge is -2.10. The molecule has 0 unspecified atom stereocenters. The Balaban J connectivity index is 1.90. The second-order valence-electron chi connectivity index (χ2n) is 6.94. The average molecular weight is 500 g/mol. The highest BCUT2D eigenvalue weighted by Crippen LogP contribution is 2.34. The van der Waals surface area contributed by atoms with Gasteiger partial charge in [0, 0.05) is 34.2 Å². The minimum absolute atomic E-state index is 0.0159. The Bertz CT molecular complexity index is 1430. The Morgan fingerprint density at radius 3 is 2.34 bits per heavy atom. The molecule has 0 spiro atoms. The lowest BCUT2D eigenvalue weighted by Crippen LogP contribution is -2.07. The molecule has 0 amide bonds. The van der Waals surface area contributed by atoms with Gasteiger partial charge < -0.3 is 4.40 Å². The molecule has 32 heavy (non-hydrogen) atoms. The van der Waals surface area contributed by atoms with Crippen molar-refractivity contribution in [1.29, 1.82) is 0 Å². The summed E-state index contributed by atoms with van der Waals surface area (Å²) in [4.78, 5) is 8.40. The van der Waals surface area contributed by atoms with Gasteiger partial charge in [-0.1, -0.05) is 30.1 Å². The van der Waals surface area contributed by atoms with Gasteiger partial charge in [-0.25, -0.2) is 13.4 Å². The van der Waals surface area contributed by atoms with Crippen LogP contribution in [0.4, 0.5) is 13.2 Å². The summed E-state index contributed by atoms with van der Waals surface area (Å²) in [7, 11) is -3.75. The number of sulfone groups is 1. The fraction of sp³-hybridized carbons (Fsp3) is 0.143. The fourth-order valence-electron chi connectivity index (χ4n) is 3.18. The van der Waals surface area contributed by atoms with Gasteiger partial charge in [0.2, 0.25) is 0 Å². The molecule has 0 N–H and O–H groups in total. The Morgan fingerprint density at radius 1 is 1.03 bits per heavy atom. The van der Waals surface area contributed by atoms with Crippen LogP contribution in [0.25, 0.3) is 28.2 Å². The first-order valence-electron chi connectivity index (χ1n) is 9.23. The number of fused-ring (bicyclic) bond motifs is 1. The van der Waals surface area contributed by atoms with Crippen molar-refractivity contribution in [3.8, 4) is 22.5 Å². The maximum absolute atomic E-state index is 13.0. The number of alkyl halides is 3. The van der Waals surface area contributed by atoms with Crippen LogP contribution in [-0.4, -0.2) is 28.5 Å². The summed E-state index contributed by atoms with van der Waals surface area (Å²) in [5.41, 5.74) is 0.368. The van der Waals surface area contributed by atoms with Gasteiger partial charge in [-0.05, 0) is 42.0 Å². The van der Waals surface area contributed by atoms with Crippen molar-refractivity contribution in [2.75, 3.05) is 5.75 Å². The number of hydrogen-bond donors (Lipinski definition) is 0. The monoisotopic (exact) mass is 499 g/mol. The topological polar surface area (TPSA) is 64.3 Å². The van der Waals surface area contributed by atoms with Crippen LogP contribution >= 0.6 is 23.2 Å².